The van der Waals surface area contributed by atoms with Gasteiger partial charge in [-0.2, -0.15) is 5.10 Å². The predicted octanol–water partition coefficient (Wildman–Crippen LogP) is 5.56. The molecular weight excluding hydrogens is 487 g/mol. The summed E-state index contributed by atoms with van der Waals surface area (Å²) in [6.07, 6.45) is 3.77. The fourth-order valence-electron chi connectivity index (χ4n) is 6.26. The average molecular weight is 514 g/mol. The van der Waals surface area contributed by atoms with Gasteiger partial charge in [0.1, 0.15) is 5.52 Å². The van der Waals surface area contributed by atoms with Crippen LogP contribution in [-0.4, -0.2) is 51.8 Å². The summed E-state index contributed by atoms with van der Waals surface area (Å²) in [7, 11) is 1.38. The first-order valence-electron chi connectivity index (χ1n) is 12.4. The highest BCUT2D eigenvalue weighted by atomic mass is 19.2. The zero-order valence-electron chi connectivity index (χ0n) is 20.2. The van der Waals surface area contributed by atoms with Gasteiger partial charge in [-0.05, 0) is 61.8 Å². The number of carbonyl (C=O) groups is 1. The lowest BCUT2D eigenvalue weighted by atomic mass is 9.85. The molecule has 0 bridgehead atoms. The van der Waals surface area contributed by atoms with Gasteiger partial charge < -0.3 is 19.1 Å². The number of aliphatic carboxylic acids is 1. The van der Waals surface area contributed by atoms with E-state index in [2.05, 4.69) is 10.2 Å². The molecule has 3 heterocycles. The molecule has 1 saturated carbocycles. The third-order valence-corrected chi connectivity index (χ3v) is 8.11. The molecule has 37 heavy (non-hydrogen) atoms. The molecule has 2 aliphatic rings. The number of hydrogen-bond donors (Lipinski definition) is 2. The van der Waals surface area contributed by atoms with E-state index in [1.807, 2.05) is 4.57 Å². The van der Waals surface area contributed by atoms with Crippen LogP contribution in [0.4, 0.5) is 13.2 Å². The van der Waals surface area contributed by atoms with Crippen molar-refractivity contribution in [3.63, 3.8) is 0 Å². The van der Waals surface area contributed by atoms with Crippen molar-refractivity contribution in [2.75, 3.05) is 20.3 Å². The van der Waals surface area contributed by atoms with Gasteiger partial charge in [0, 0.05) is 54.5 Å². The molecule has 2 atom stereocenters. The Kier molecular flexibility index (Phi) is 5.76. The molecule has 10 heteroatoms. The van der Waals surface area contributed by atoms with Crippen LogP contribution in [0.15, 0.2) is 30.5 Å². The van der Waals surface area contributed by atoms with Gasteiger partial charge in [0.05, 0.1) is 11.7 Å². The SMILES string of the molecule is CO[C@@]1(C(=O)O)CC[C@@H](c2c(C3CCOCC3)n(-c3ccc(F)c(F)c3)c3cc4cn[nH]c4c(F)c23)C1. The lowest BCUT2D eigenvalue weighted by Gasteiger charge is -2.27. The van der Waals surface area contributed by atoms with E-state index in [4.69, 9.17) is 9.47 Å². The Hall–Kier alpha value is -3.37. The third kappa shape index (κ3) is 3.65. The minimum atomic E-state index is -1.37. The van der Waals surface area contributed by atoms with Crippen molar-refractivity contribution < 1.29 is 32.5 Å². The van der Waals surface area contributed by atoms with E-state index in [-0.39, 0.29) is 30.2 Å². The molecule has 1 aliphatic carbocycles. The van der Waals surface area contributed by atoms with E-state index in [1.165, 1.54) is 19.4 Å². The van der Waals surface area contributed by atoms with Crippen LogP contribution in [0.2, 0.25) is 0 Å². The lowest BCUT2D eigenvalue weighted by molar-refractivity contribution is -0.161. The van der Waals surface area contributed by atoms with Crippen molar-refractivity contribution in [1.82, 2.24) is 14.8 Å². The molecule has 4 aromatic rings. The van der Waals surface area contributed by atoms with E-state index >= 15 is 4.39 Å². The first kappa shape index (κ1) is 24.0. The number of rotatable bonds is 5. The number of nitrogens with one attached hydrogen (secondary N) is 1. The molecule has 1 saturated heterocycles. The van der Waals surface area contributed by atoms with E-state index in [9.17, 15) is 18.7 Å². The molecule has 0 unspecified atom stereocenters. The largest absolute Gasteiger partial charge is 0.479 e. The maximum atomic E-state index is 16.3. The summed E-state index contributed by atoms with van der Waals surface area (Å²) in [5, 5.41) is 17.6. The molecule has 2 N–H and O–H groups in total. The smallest absolute Gasteiger partial charge is 0.335 e. The summed E-state index contributed by atoms with van der Waals surface area (Å²) < 4.78 is 57.6. The number of carboxylic acids is 1. The van der Waals surface area contributed by atoms with E-state index < -0.39 is 29.0 Å². The van der Waals surface area contributed by atoms with Crippen molar-refractivity contribution in [1.29, 1.82) is 0 Å². The normalized spacial score (nSPS) is 22.9. The fourth-order valence-corrected chi connectivity index (χ4v) is 6.26. The van der Waals surface area contributed by atoms with Gasteiger partial charge in [0.2, 0.25) is 0 Å². The van der Waals surface area contributed by atoms with Gasteiger partial charge in [-0.25, -0.2) is 18.0 Å². The molecule has 194 valence electrons. The molecule has 0 spiro atoms. The number of ether oxygens (including phenoxy) is 2. The highest BCUT2D eigenvalue weighted by molar-refractivity contribution is 6.00. The van der Waals surface area contributed by atoms with E-state index in [1.54, 1.807) is 6.07 Å². The van der Waals surface area contributed by atoms with Gasteiger partial charge in [0.25, 0.3) is 0 Å². The van der Waals surface area contributed by atoms with Crippen molar-refractivity contribution in [2.24, 2.45) is 0 Å². The first-order chi connectivity index (χ1) is 17.8. The zero-order chi connectivity index (χ0) is 25.9. The number of halogens is 3. The number of aromatic amines is 1. The minimum Gasteiger partial charge on any atom is -0.479 e. The summed E-state index contributed by atoms with van der Waals surface area (Å²) in [5.74, 6) is -3.90. The second-order valence-corrected chi connectivity index (χ2v) is 9.98. The predicted molar refractivity (Wildman–Crippen MR) is 130 cm³/mol. The average Bonchev–Trinajstić information content (AvgIpc) is 3.62. The fraction of sp³-hybridized carbons (Fsp3) is 0.407. The summed E-state index contributed by atoms with van der Waals surface area (Å²) in [5.41, 5.74) is 1.21. The van der Waals surface area contributed by atoms with Crippen LogP contribution in [0.25, 0.3) is 27.5 Å². The van der Waals surface area contributed by atoms with Crippen LogP contribution in [0, 0.1) is 17.5 Å². The molecular formula is C27H26F3N3O4. The third-order valence-electron chi connectivity index (χ3n) is 8.11. The molecule has 6 rings (SSSR count). The standard InChI is InChI=1S/C27H26F3N3O4/c1-36-27(26(34)35)7-4-15(12-27)21-22-20(10-16-13-31-32-24(16)23(22)30)33(17-2-3-18(28)19(29)11-17)25(21)14-5-8-37-9-6-14/h2-3,10-11,13-15H,4-9,12H2,1H3,(H,31,32)(H,34,35)/t15-,27+/m1/s1. The van der Waals surface area contributed by atoms with Crippen molar-refractivity contribution >= 4 is 27.8 Å². The van der Waals surface area contributed by atoms with Gasteiger partial charge in [-0.1, -0.05) is 0 Å². The van der Waals surface area contributed by atoms with E-state index in [0.717, 1.165) is 17.8 Å². The molecule has 0 amide bonds. The molecule has 7 nitrogen and oxygen atoms in total. The highest BCUT2D eigenvalue weighted by Crippen LogP contribution is 2.51. The summed E-state index contributed by atoms with van der Waals surface area (Å²) >= 11 is 0. The maximum absolute atomic E-state index is 16.3. The maximum Gasteiger partial charge on any atom is 0.335 e. The molecule has 2 aromatic heterocycles. The van der Waals surface area contributed by atoms with Crippen LogP contribution in [0.1, 0.15) is 55.2 Å². The van der Waals surface area contributed by atoms with Crippen molar-refractivity contribution in [2.45, 2.75) is 49.5 Å². The number of aromatic nitrogens is 3. The number of carboxylic acid groups (broad SMARTS) is 1. The van der Waals surface area contributed by atoms with Crippen LogP contribution in [0.3, 0.4) is 0 Å². The first-order valence-corrected chi connectivity index (χ1v) is 12.4. The number of hydrogen-bond acceptors (Lipinski definition) is 4. The number of nitrogens with zero attached hydrogens (tertiary/aromatic N) is 2. The van der Waals surface area contributed by atoms with Crippen LogP contribution < -0.4 is 0 Å². The van der Waals surface area contributed by atoms with Gasteiger partial charge in [0.15, 0.2) is 23.1 Å². The van der Waals surface area contributed by atoms with Crippen molar-refractivity contribution in [3.05, 3.63) is 59.2 Å². The van der Waals surface area contributed by atoms with Gasteiger partial charge in [-0.3, -0.25) is 5.10 Å². The topological polar surface area (TPSA) is 89.4 Å². The minimum absolute atomic E-state index is 0.0532. The molecule has 2 aromatic carbocycles. The Labute approximate surface area is 210 Å². The Balaban J connectivity index is 1.70. The summed E-state index contributed by atoms with van der Waals surface area (Å²) in [6.45, 7) is 1.02. The summed E-state index contributed by atoms with van der Waals surface area (Å²) in [6, 6.07) is 5.45. The lowest BCUT2D eigenvalue weighted by Crippen LogP contribution is -2.37. The highest BCUT2D eigenvalue weighted by Gasteiger charge is 2.48. The van der Waals surface area contributed by atoms with E-state index in [0.29, 0.717) is 60.0 Å². The molecule has 0 radical (unpaired) electrons. The quantitative estimate of drug-likeness (QED) is 0.365. The number of benzene rings is 2. The number of methoxy groups -OCH3 is 1. The van der Waals surface area contributed by atoms with Crippen molar-refractivity contribution in [3.8, 4) is 5.69 Å². The van der Waals surface area contributed by atoms with Crippen LogP contribution in [0.5, 0.6) is 0 Å². The van der Waals surface area contributed by atoms with Crippen LogP contribution >= 0.6 is 0 Å². The Morgan fingerprint density at radius 3 is 2.62 bits per heavy atom. The van der Waals surface area contributed by atoms with Gasteiger partial charge in [-0.15, -0.1) is 0 Å². The second kappa shape index (κ2) is 8.88. The Morgan fingerprint density at radius 1 is 1.16 bits per heavy atom. The molecule has 2 fully saturated rings. The monoisotopic (exact) mass is 513 g/mol. The Bertz CT molecular complexity index is 1520. The summed E-state index contributed by atoms with van der Waals surface area (Å²) in [4.78, 5) is 12.2. The zero-order valence-corrected chi connectivity index (χ0v) is 20.2. The Morgan fingerprint density at radius 2 is 1.95 bits per heavy atom. The van der Waals surface area contributed by atoms with Gasteiger partial charge >= 0.3 is 5.97 Å². The van der Waals surface area contributed by atoms with Crippen LogP contribution in [-0.2, 0) is 14.3 Å². The molecule has 1 aliphatic heterocycles. The number of fused-ring (bicyclic) bond motifs is 2. The number of H-pyrrole nitrogens is 1. The second-order valence-electron chi connectivity index (χ2n) is 9.98.